The molecule has 0 fully saturated rings. The first-order chi connectivity index (χ1) is 10.7. The van der Waals surface area contributed by atoms with E-state index in [0.29, 0.717) is 6.61 Å². The molecule has 0 bridgehead atoms. The Bertz CT molecular complexity index is 822. The van der Waals surface area contributed by atoms with Gasteiger partial charge in [-0.2, -0.15) is 0 Å². The summed E-state index contributed by atoms with van der Waals surface area (Å²) in [6, 6.07) is 21.0. The number of benzene rings is 2. The summed E-state index contributed by atoms with van der Waals surface area (Å²) in [5.74, 6) is 0.745. The van der Waals surface area contributed by atoms with E-state index in [0.717, 1.165) is 22.6 Å². The van der Waals surface area contributed by atoms with Crippen molar-refractivity contribution < 1.29 is 4.74 Å². The van der Waals surface area contributed by atoms with Crippen molar-refractivity contribution in [2.75, 3.05) is 0 Å². The minimum absolute atomic E-state index is 0.0502. The van der Waals surface area contributed by atoms with Gasteiger partial charge in [-0.15, -0.1) is 0 Å². The second kappa shape index (κ2) is 6.31. The third-order valence-electron chi connectivity index (χ3n) is 3.40. The van der Waals surface area contributed by atoms with Crippen molar-refractivity contribution in [2.45, 2.75) is 13.5 Å². The number of pyridine rings is 1. The monoisotopic (exact) mass is 291 g/mol. The van der Waals surface area contributed by atoms with Gasteiger partial charge in [0, 0.05) is 18.3 Å². The van der Waals surface area contributed by atoms with Gasteiger partial charge in [0.25, 0.3) is 5.56 Å². The van der Waals surface area contributed by atoms with Gasteiger partial charge in [0.05, 0.1) is 5.69 Å². The average molecular weight is 291 g/mol. The van der Waals surface area contributed by atoms with E-state index >= 15 is 0 Å². The maximum absolute atomic E-state index is 12.0. The number of hydrogen-bond donors (Lipinski definition) is 0. The molecule has 0 N–H and O–H groups in total. The van der Waals surface area contributed by atoms with Crippen LogP contribution in [-0.4, -0.2) is 4.57 Å². The van der Waals surface area contributed by atoms with Crippen LogP contribution < -0.4 is 10.3 Å². The van der Waals surface area contributed by atoms with Gasteiger partial charge in [0.2, 0.25) is 0 Å². The molecule has 0 aliphatic carbocycles. The molecule has 3 heteroatoms. The zero-order chi connectivity index (χ0) is 15.4. The Kier molecular flexibility index (Phi) is 4.05. The molecule has 3 nitrogen and oxygen atoms in total. The van der Waals surface area contributed by atoms with Gasteiger partial charge in [0.15, 0.2) is 0 Å². The van der Waals surface area contributed by atoms with Gasteiger partial charge in [0.1, 0.15) is 12.4 Å². The fraction of sp³-hybridized carbons (Fsp3) is 0.105. The molecule has 110 valence electrons. The lowest BCUT2D eigenvalue weighted by Gasteiger charge is -2.10. The molecular formula is C19H17NO2. The quantitative estimate of drug-likeness (QED) is 0.733. The predicted octanol–water partition coefficient (Wildman–Crippen LogP) is 3.72. The van der Waals surface area contributed by atoms with Crippen LogP contribution in [0.3, 0.4) is 0 Å². The van der Waals surface area contributed by atoms with E-state index in [-0.39, 0.29) is 5.56 Å². The molecule has 0 atom stereocenters. The normalized spacial score (nSPS) is 10.4. The highest BCUT2D eigenvalue weighted by Crippen LogP contribution is 2.17. The molecule has 1 aromatic heterocycles. The lowest BCUT2D eigenvalue weighted by molar-refractivity contribution is 0.306. The van der Waals surface area contributed by atoms with E-state index in [2.05, 4.69) is 0 Å². The summed E-state index contributed by atoms with van der Waals surface area (Å²) in [5.41, 5.74) is 2.90. The van der Waals surface area contributed by atoms with E-state index in [9.17, 15) is 4.79 Å². The summed E-state index contributed by atoms with van der Waals surface area (Å²) >= 11 is 0. The van der Waals surface area contributed by atoms with Gasteiger partial charge in [-0.3, -0.25) is 9.36 Å². The topological polar surface area (TPSA) is 31.2 Å². The maximum Gasteiger partial charge on any atom is 0.255 e. The molecule has 3 aromatic rings. The lowest BCUT2D eigenvalue weighted by Crippen LogP contribution is -2.16. The molecule has 0 aliphatic rings. The molecular weight excluding hydrogens is 274 g/mol. The largest absolute Gasteiger partial charge is 0.489 e. The minimum Gasteiger partial charge on any atom is -0.489 e. The Morgan fingerprint density at radius 2 is 1.77 bits per heavy atom. The van der Waals surface area contributed by atoms with E-state index in [1.165, 1.54) is 0 Å². The van der Waals surface area contributed by atoms with Crippen molar-refractivity contribution in [3.63, 3.8) is 0 Å². The van der Waals surface area contributed by atoms with E-state index in [1.54, 1.807) is 10.6 Å². The molecule has 1 heterocycles. The zero-order valence-electron chi connectivity index (χ0n) is 12.4. The first-order valence-electron chi connectivity index (χ1n) is 7.19. The third kappa shape index (κ3) is 3.26. The average Bonchev–Trinajstić information content (AvgIpc) is 2.56. The Hall–Kier alpha value is -2.81. The Balaban J connectivity index is 1.83. The summed E-state index contributed by atoms with van der Waals surface area (Å²) in [4.78, 5) is 12.0. The van der Waals surface area contributed by atoms with Gasteiger partial charge in [-0.05, 0) is 30.2 Å². The van der Waals surface area contributed by atoms with Crippen LogP contribution in [0.2, 0.25) is 0 Å². The number of aryl methyl sites for hydroxylation is 1. The highest BCUT2D eigenvalue weighted by atomic mass is 16.5. The van der Waals surface area contributed by atoms with Crippen molar-refractivity contribution in [3.8, 4) is 11.4 Å². The molecule has 0 unspecified atom stereocenters. The minimum atomic E-state index is -0.0502. The highest BCUT2D eigenvalue weighted by molar-refractivity contribution is 5.40. The van der Waals surface area contributed by atoms with Crippen LogP contribution in [0, 0.1) is 6.92 Å². The van der Waals surface area contributed by atoms with Crippen molar-refractivity contribution >= 4 is 0 Å². The van der Waals surface area contributed by atoms with Gasteiger partial charge < -0.3 is 4.74 Å². The summed E-state index contributed by atoms with van der Waals surface area (Å²) in [7, 11) is 0. The fourth-order valence-corrected chi connectivity index (χ4v) is 2.26. The number of aromatic nitrogens is 1. The second-order valence-corrected chi connectivity index (χ2v) is 5.19. The molecule has 3 rings (SSSR count). The molecule has 22 heavy (non-hydrogen) atoms. The number of ether oxygens (including phenoxy) is 1. The molecule has 0 radical (unpaired) electrons. The van der Waals surface area contributed by atoms with Gasteiger partial charge in [-0.1, -0.05) is 42.5 Å². The molecule has 0 amide bonds. The summed E-state index contributed by atoms with van der Waals surface area (Å²) in [6.45, 7) is 2.47. The Morgan fingerprint density at radius 3 is 2.59 bits per heavy atom. The smallest absolute Gasteiger partial charge is 0.255 e. The lowest BCUT2D eigenvalue weighted by atomic mass is 10.2. The van der Waals surface area contributed by atoms with Crippen molar-refractivity contribution in [1.82, 2.24) is 4.57 Å². The van der Waals surface area contributed by atoms with Gasteiger partial charge in [-0.25, -0.2) is 0 Å². The summed E-state index contributed by atoms with van der Waals surface area (Å²) in [5, 5.41) is 0. The predicted molar refractivity (Wildman–Crippen MR) is 87.6 cm³/mol. The van der Waals surface area contributed by atoms with E-state index < -0.39 is 0 Å². The third-order valence-corrected chi connectivity index (χ3v) is 3.40. The molecule has 0 saturated carbocycles. The fourth-order valence-electron chi connectivity index (χ4n) is 2.26. The number of hydrogen-bond acceptors (Lipinski definition) is 2. The maximum atomic E-state index is 12.0. The first kappa shape index (κ1) is 14.1. The van der Waals surface area contributed by atoms with Crippen LogP contribution >= 0.6 is 0 Å². The van der Waals surface area contributed by atoms with Crippen LogP contribution in [0.5, 0.6) is 5.75 Å². The standard InChI is InChI=1S/C19H17NO2/c1-15-10-11-19(21)20(13-15)17-8-5-9-18(12-17)22-14-16-6-3-2-4-7-16/h2-13H,14H2,1H3. The number of rotatable bonds is 4. The first-order valence-corrected chi connectivity index (χ1v) is 7.19. The van der Waals surface area contributed by atoms with Crippen LogP contribution in [-0.2, 0) is 6.61 Å². The second-order valence-electron chi connectivity index (χ2n) is 5.19. The van der Waals surface area contributed by atoms with Crippen LogP contribution in [0.15, 0.2) is 77.7 Å². The Labute approximate surface area is 129 Å². The zero-order valence-corrected chi connectivity index (χ0v) is 12.4. The van der Waals surface area contributed by atoms with Crippen molar-refractivity contribution in [2.24, 2.45) is 0 Å². The SMILES string of the molecule is Cc1ccc(=O)n(-c2cccc(OCc3ccccc3)c2)c1. The van der Waals surface area contributed by atoms with E-state index in [1.807, 2.05) is 73.8 Å². The molecule has 0 aliphatic heterocycles. The van der Waals surface area contributed by atoms with Crippen molar-refractivity contribution in [1.29, 1.82) is 0 Å². The molecule has 0 spiro atoms. The van der Waals surface area contributed by atoms with Crippen LogP contribution in [0.25, 0.3) is 5.69 Å². The molecule has 2 aromatic carbocycles. The summed E-state index contributed by atoms with van der Waals surface area (Å²) < 4.78 is 7.44. The number of nitrogens with zero attached hydrogens (tertiary/aromatic N) is 1. The van der Waals surface area contributed by atoms with Gasteiger partial charge >= 0.3 is 0 Å². The summed E-state index contributed by atoms with van der Waals surface area (Å²) in [6.07, 6.45) is 1.83. The molecule has 0 saturated heterocycles. The van der Waals surface area contributed by atoms with E-state index in [4.69, 9.17) is 4.74 Å². The Morgan fingerprint density at radius 1 is 0.955 bits per heavy atom. The van der Waals surface area contributed by atoms with Crippen LogP contribution in [0.1, 0.15) is 11.1 Å². The highest BCUT2D eigenvalue weighted by Gasteiger charge is 2.02. The van der Waals surface area contributed by atoms with Crippen molar-refractivity contribution in [3.05, 3.63) is 94.4 Å². The van der Waals surface area contributed by atoms with Crippen LogP contribution in [0.4, 0.5) is 0 Å².